The van der Waals surface area contributed by atoms with E-state index in [-0.39, 0.29) is 17.5 Å². The molecule has 0 aromatic rings. The molecule has 2 rings (SSSR count). The number of methoxy groups -OCH3 is 1. The van der Waals surface area contributed by atoms with Crippen molar-refractivity contribution in [2.75, 3.05) is 33.3 Å². The lowest BCUT2D eigenvalue weighted by Gasteiger charge is -2.53. The molecule has 1 atom stereocenters. The van der Waals surface area contributed by atoms with Gasteiger partial charge < -0.3 is 19.7 Å². The predicted molar refractivity (Wildman–Crippen MR) is 73.2 cm³/mol. The van der Waals surface area contributed by atoms with Crippen molar-refractivity contribution in [3.8, 4) is 0 Å². The number of likely N-dealkylation sites (tertiary alicyclic amines) is 1. The molecular formula is C14H24N2O4. The molecule has 6 heteroatoms. The van der Waals surface area contributed by atoms with Gasteiger partial charge in [0.15, 0.2) is 0 Å². The van der Waals surface area contributed by atoms with Crippen molar-refractivity contribution < 1.29 is 19.1 Å². The van der Waals surface area contributed by atoms with Gasteiger partial charge in [-0.2, -0.15) is 0 Å². The molecule has 1 N–H and O–H groups in total. The number of rotatable bonds is 1. The Hall–Kier alpha value is -1.30. The molecule has 2 fully saturated rings. The molecule has 0 aliphatic carbocycles. The molecule has 2 heterocycles. The molecule has 20 heavy (non-hydrogen) atoms. The molecular weight excluding hydrogens is 260 g/mol. The van der Waals surface area contributed by atoms with E-state index in [0.717, 1.165) is 6.54 Å². The summed E-state index contributed by atoms with van der Waals surface area (Å²) in [6, 6.07) is 0. The van der Waals surface area contributed by atoms with E-state index in [1.165, 1.54) is 7.11 Å². The lowest BCUT2D eigenvalue weighted by molar-refractivity contribution is -0.165. The van der Waals surface area contributed by atoms with Gasteiger partial charge in [0.05, 0.1) is 12.5 Å². The Bertz CT molecular complexity index is 423. The van der Waals surface area contributed by atoms with Crippen molar-refractivity contribution in [3.63, 3.8) is 0 Å². The first-order valence-corrected chi connectivity index (χ1v) is 6.91. The van der Waals surface area contributed by atoms with E-state index in [1.807, 2.05) is 27.7 Å². The highest BCUT2D eigenvalue weighted by atomic mass is 16.6. The molecule has 0 aromatic carbocycles. The van der Waals surface area contributed by atoms with E-state index >= 15 is 0 Å². The van der Waals surface area contributed by atoms with Crippen LogP contribution in [0.25, 0.3) is 0 Å². The summed E-state index contributed by atoms with van der Waals surface area (Å²) in [6.07, 6.45) is -0.317. The standard InChI is InChI=1S/C14H24N2O4/c1-12(2,3)20-11(18)16-8-14(9-16)7-15-6-13(14,4)10(17)19-5/h15H,6-9H2,1-5H3/t13-/m1/s1. The Labute approximate surface area is 119 Å². The van der Waals surface area contributed by atoms with Gasteiger partial charge in [0.2, 0.25) is 0 Å². The molecule has 0 radical (unpaired) electrons. The van der Waals surface area contributed by atoms with Crippen LogP contribution in [0.15, 0.2) is 0 Å². The quantitative estimate of drug-likeness (QED) is 0.728. The Morgan fingerprint density at radius 2 is 1.80 bits per heavy atom. The minimum atomic E-state index is -0.583. The Morgan fingerprint density at radius 1 is 1.20 bits per heavy atom. The van der Waals surface area contributed by atoms with Crippen LogP contribution < -0.4 is 5.32 Å². The number of nitrogens with zero attached hydrogens (tertiary/aromatic N) is 1. The average Bonchev–Trinajstić information content (AvgIpc) is 2.62. The highest BCUT2D eigenvalue weighted by Crippen LogP contribution is 2.50. The van der Waals surface area contributed by atoms with Crippen molar-refractivity contribution in [1.29, 1.82) is 0 Å². The van der Waals surface area contributed by atoms with E-state index < -0.39 is 11.0 Å². The smallest absolute Gasteiger partial charge is 0.410 e. The molecule has 0 unspecified atom stereocenters. The fourth-order valence-electron chi connectivity index (χ4n) is 3.05. The lowest BCUT2D eigenvalue weighted by Crippen LogP contribution is -2.67. The van der Waals surface area contributed by atoms with Crippen LogP contribution in [-0.4, -0.2) is 55.9 Å². The molecule has 0 aromatic heterocycles. The molecule has 2 saturated heterocycles. The second-order valence-corrected chi connectivity index (χ2v) is 7.04. The predicted octanol–water partition coefficient (Wildman–Crippen LogP) is 1.01. The van der Waals surface area contributed by atoms with Gasteiger partial charge in [-0.25, -0.2) is 4.79 Å². The summed E-state index contributed by atoms with van der Waals surface area (Å²) in [5.41, 5.74) is -1.32. The fourth-order valence-corrected chi connectivity index (χ4v) is 3.05. The van der Waals surface area contributed by atoms with Crippen LogP contribution in [0.1, 0.15) is 27.7 Å². The molecule has 0 saturated carbocycles. The van der Waals surface area contributed by atoms with Crippen molar-refractivity contribution in [2.24, 2.45) is 10.8 Å². The highest BCUT2D eigenvalue weighted by molar-refractivity contribution is 5.80. The van der Waals surface area contributed by atoms with Crippen LogP contribution in [0.4, 0.5) is 4.79 Å². The van der Waals surface area contributed by atoms with Gasteiger partial charge in [0.1, 0.15) is 5.60 Å². The maximum absolute atomic E-state index is 12.1. The van der Waals surface area contributed by atoms with E-state index in [2.05, 4.69) is 5.32 Å². The van der Waals surface area contributed by atoms with Crippen molar-refractivity contribution in [1.82, 2.24) is 10.2 Å². The van der Waals surface area contributed by atoms with Crippen molar-refractivity contribution in [2.45, 2.75) is 33.3 Å². The molecule has 6 nitrogen and oxygen atoms in total. The number of carbonyl (C=O) groups is 2. The lowest BCUT2D eigenvalue weighted by atomic mass is 9.62. The van der Waals surface area contributed by atoms with Crippen LogP contribution in [0, 0.1) is 10.8 Å². The number of esters is 1. The summed E-state index contributed by atoms with van der Waals surface area (Å²) in [5.74, 6) is -0.216. The number of ether oxygens (including phenoxy) is 2. The number of nitrogens with one attached hydrogen (secondary N) is 1. The molecule has 0 bridgehead atoms. The van der Waals surface area contributed by atoms with E-state index in [9.17, 15) is 9.59 Å². The number of amides is 1. The average molecular weight is 284 g/mol. The van der Waals surface area contributed by atoms with Gasteiger partial charge in [-0.1, -0.05) is 0 Å². The van der Waals surface area contributed by atoms with Gasteiger partial charge in [-0.15, -0.1) is 0 Å². The molecule has 1 spiro atoms. The topological polar surface area (TPSA) is 67.9 Å². The van der Waals surface area contributed by atoms with Gasteiger partial charge in [-0.3, -0.25) is 4.79 Å². The SMILES string of the molecule is COC(=O)[C@@]1(C)CNCC12CN(C(=O)OC(C)(C)C)C2. The zero-order chi connectivity index (χ0) is 15.2. The first-order chi connectivity index (χ1) is 9.13. The van der Waals surface area contributed by atoms with Gasteiger partial charge in [-0.05, 0) is 27.7 Å². The first-order valence-electron chi connectivity index (χ1n) is 6.91. The summed E-state index contributed by atoms with van der Waals surface area (Å²) in [5, 5.41) is 3.25. The zero-order valence-electron chi connectivity index (χ0n) is 12.9. The Kier molecular flexibility index (Phi) is 3.48. The zero-order valence-corrected chi connectivity index (χ0v) is 12.9. The van der Waals surface area contributed by atoms with E-state index in [4.69, 9.17) is 9.47 Å². The van der Waals surface area contributed by atoms with Gasteiger partial charge >= 0.3 is 12.1 Å². The monoisotopic (exact) mass is 284 g/mol. The largest absolute Gasteiger partial charge is 0.469 e. The van der Waals surface area contributed by atoms with Crippen LogP contribution in [0.5, 0.6) is 0 Å². The minimum absolute atomic E-state index is 0.216. The second kappa shape index (κ2) is 4.62. The highest BCUT2D eigenvalue weighted by Gasteiger charge is 2.64. The maximum atomic E-state index is 12.1. The van der Waals surface area contributed by atoms with Crippen molar-refractivity contribution >= 4 is 12.1 Å². The van der Waals surface area contributed by atoms with Crippen LogP contribution in [0.2, 0.25) is 0 Å². The second-order valence-electron chi connectivity index (χ2n) is 7.04. The normalized spacial score (nSPS) is 28.1. The summed E-state index contributed by atoms with van der Waals surface area (Å²) in [6.45, 7) is 9.80. The van der Waals surface area contributed by atoms with Crippen LogP contribution in [0.3, 0.4) is 0 Å². The third-order valence-corrected chi connectivity index (χ3v) is 4.39. The van der Waals surface area contributed by atoms with E-state index in [0.29, 0.717) is 19.6 Å². The number of hydrogen-bond donors (Lipinski definition) is 1. The first kappa shape index (κ1) is 15.1. The summed E-state index contributed by atoms with van der Waals surface area (Å²) in [4.78, 5) is 25.7. The molecule has 114 valence electrons. The Balaban J connectivity index is 2.04. The summed E-state index contributed by atoms with van der Waals surface area (Å²) >= 11 is 0. The fraction of sp³-hybridized carbons (Fsp3) is 0.857. The number of hydrogen-bond acceptors (Lipinski definition) is 5. The van der Waals surface area contributed by atoms with Crippen molar-refractivity contribution in [3.05, 3.63) is 0 Å². The summed E-state index contributed by atoms with van der Waals surface area (Å²) in [7, 11) is 1.41. The number of carbonyl (C=O) groups excluding carboxylic acids is 2. The molecule has 2 aliphatic rings. The third kappa shape index (κ3) is 2.26. The molecule has 2 aliphatic heterocycles. The molecule has 1 amide bonds. The third-order valence-electron chi connectivity index (χ3n) is 4.39. The van der Waals surface area contributed by atoms with E-state index in [1.54, 1.807) is 4.90 Å². The summed E-state index contributed by atoms with van der Waals surface area (Å²) < 4.78 is 10.3. The maximum Gasteiger partial charge on any atom is 0.410 e. The Morgan fingerprint density at radius 3 is 2.30 bits per heavy atom. The van der Waals surface area contributed by atoms with Gasteiger partial charge in [0.25, 0.3) is 0 Å². The van der Waals surface area contributed by atoms with Crippen LogP contribution >= 0.6 is 0 Å². The van der Waals surface area contributed by atoms with Crippen LogP contribution in [-0.2, 0) is 14.3 Å². The van der Waals surface area contributed by atoms with Gasteiger partial charge in [0, 0.05) is 31.6 Å². The minimum Gasteiger partial charge on any atom is -0.469 e.